The van der Waals surface area contributed by atoms with Crippen molar-refractivity contribution in [2.24, 2.45) is 7.05 Å². The van der Waals surface area contributed by atoms with Crippen LogP contribution in [0.1, 0.15) is 11.1 Å². The Morgan fingerprint density at radius 2 is 2.00 bits per heavy atom. The van der Waals surface area contributed by atoms with Gasteiger partial charge in [-0.05, 0) is 24.3 Å². The summed E-state index contributed by atoms with van der Waals surface area (Å²) in [6, 6.07) is 13.6. The van der Waals surface area contributed by atoms with Crippen molar-refractivity contribution in [3.05, 3.63) is 64.8 Å². The van der Waals surface area contributed by atoms with Crippen LogP contribution in [-0.2, 0) is 11.8 Å². The summed E-state index contributed by atoms with van der Waals surface area (Å²) in [5, 5.41) is 4.61. The standard InChI is InChI=1S/C18H13ClN2O/c1-21-10-11(13-4-2-3-5-17(13)21)8-15-14-7-6-12(19)9-16(14)20-18(15)22/h2-10H,1H3,(H,20,22)/b15-8-. The third kappa shape index (κ3) is 1.94. The van der Waals surface area contributed by atoms with E-state index in [0.29, 0.717) is 10.6 Å². The second kappa shape index (κ2) is 4.75. The molecule has 2 heterocycles. The summed E-state index contributed by atoms with van der Waals surface area (Å²) in [6.45, 7) is 0. The second-order valence-corrected chi connectivity index (χ2v) is 5.85. The van der Waals surface area contributed by atoms with E-state index in [9.17, 15) is 4.79 Å². The number of carbonyl (C=O) groups excluding carboxylic acids is 1. The van der Waals surface area contributed by atoms with Crippen molar-refractivity contribution in [1.82, 2.24) is 4.57 Å². The number of aryl methyl sites for hydroxylation is 1. The van der Waals surface area contributed by atoms with Gasteiger partial charge < -0.3 is 9.88 Å². The summed E-state index contributed by atoms with van der Waals surface area (Å²) in [7, 11) is 2.01. The molecule has 4 rings (SSSR count). The number of carbonyl (C=O) groups is 1. The van der Waals surface area contributed by atoms with Gasteiger partial charge in [-0.3, -0.25) is 4.79 Å². The molecule has 3 nitrogen and oxygen atoms in total. The minimum Gasteiger partial charge on any atom is -0.350 e. The Labute approximate surface area is 132 Å². The molecule has 1 aliphatic heterocycles. The van der Waals surface area contributed by atoms with Crippen LogP contribution in [0.15, 0.2) is 48.7 Å². The lowest BCUT2D eigenvalue weighted by molar-refractivity contribution is -0.110. The molecule has 1 aromatic heterocycles. The van der Waals surface area contributed by atoms with E-state index in [2.05, 4.69) is 22.0 Å². The van der Waals surface area contributed by atoms with Crippen molar-refractivity contribution in [2.45, 2.75) is 0 Å². The topological polar surface area (TPSA) is 34.0 Å². The number of para-hydroxylation sites is 1. The van der Waals surface area contributed by atoms with Gasteiger partial charge in [-0.15, -0.1) is 0 Å². The van der Waals surface area contributed by atoms with Crippen molar-refractivity contribution in [3.63, 3.8) is 0 Å². The molecule has 0 bridgehead atoms. The van der Waals surface area contributed by atoms with Crippen LogP contribution in [0, 0.1) is 0 Å². The number of fused-ring (bicyclic) bond motifs is 2. The van der Waals surface area contributed by atoms with Crippen molar-refractivity contribution < 1.29 is 4.79 Å². The zero-order valence-electron chi connectivity index (χ0n) is 11.9. The van der Waals surface area contributed by atoms with E-state index in [1.807, 2.05) is 37.5 Å². The van der Waals surface area contributed by atoms with Crippen LogP contribution in [0.25, 0.3) is 22.6 Å². The largest absolute Gasteiger partial charge is 0.350 e. The van der Waals surface area contributed by atoms with Gasteiger partial charge in [0.05, 0.1) is 5.69 Å². The lowest BCUT2D eigenvalue weighted by Gasteiger charge is -1.98. The van der Waals surface area contributed by atoms with Gasteiger partial charge in [0.15, 0.2) is 0 Å². The molecule has 0 saturated heterocycles. The minimum atomic E-state index is -0.0924. The van der Waals surface area contributed by atoms with Gasteiger partial charge in [0.2, 0.25) is 0 Å². The van der Waals surface area contributed by atoms with E-state index in [4.69, 9.17) is 11.6 Å². The number of nitrogens with zero attached hydrogens (tertiary/aromatic N) is 1. The maximum absolute atomic E-state index is 12.3. The van der Waals surface area contributed by atoms with E-state index >= 15 is 0 Å². The molecule has 0 saturated carbocycles. The smallest absolute Gasteiger partial charge is 0.256 e. The van der Waals surface area contributed by atoms with Gasteiger partial charge >= 0.3 is 0 Å². The average molecular weight is 309 g/mol. The number of rotatable bonds is 1. The fraction of sp³-hybridized carbons (Fsp3) is 0.0556. The molecule has 1 N–H and O–H groups in total. The third-order valence-electron chi connectivity index (χ3n) is 3.99. The van der Waals surface area contributed by atoms with E-state index in [1.54, 1.807) is 12.1 Å². The summed E-state index contributed by atoms with van der Waals surface area (Å²) in [5.41, 5.74) is 4.50. The highest BCUT2D eigenvalue weighted by Crippen LogP contribution is 2.36. The SMILES string of the molecule is Cn1cc(/C=C2\C(=O)Nc3cc(Cl)ccc32)c2ccccc21. The highest BCUT2D eigenvalue weighted by molar-refractivity contribution is 6.36. The first-order valence-electron chi connectivity index (χ1n) is 7.00. The van der Waals surface area contributed by atoms with Crippen molar-refractivity contribution >= 4 is 45.7 Å². The van der Waals surface area contributed by atoms with E-state index < -0.39 is 0 Å². The predicted octanol–water partition coefficient (Wildman–Crippen LogP) is 4.32. The molecule has 0 spiro atoms. The van der Waals surface area contributed by atoms with Gasteiger partial charge in [0, 0.05) is 45.9 Å². The lowest BCUT2D eigenvalue weighted by atomic mass is 10.0. The molecule has 4 heteroatoms. The number of nitrogens with one attached hydrogen (secondary N) is 1. The predicted molar refractivity (Wildman–Crippen MR) is 90.9 cm³/mol. The first-order valence-corrected chi connectivity index (χ1v) is 7.38. The molecule has 0 aliphatic carbocycles. The molecule has 1 amide bonds. The molecule has 0 fully saturated rings. The van der Waals surface area contributed by atoms with Gasteiger partial charge in [-0.25, -0.2) is 0 Å². The number of benzene rings is 2. The Bertz CT molecular complexity index is 953. The Hall–Kier alpha value is -2.52. The molecular weight excluding hydrogens is 296 g/mol. The van der Waals surface area contributed by atoms with Gasteiger partial charge in [-0.2, -0.15) is 0 Å². The van der Waals surface area contributed by atoms with Crippen molar-refractivity contribution in [1.29, 1.82) is 0 Å². The molecule has 0 radical (unpaired) electrons. The number of amides is 1. The van der Waals surface area contributed by atoms with E-state index in [-0.39, 0.29) is 5.91 Å². The number of hydrogen-bond acceptors (Lipinski definition) is 1. The Balaban J connectivity index is 1.91. The van der Waals surface area contributed by atoms with Crippen molar-refractivity contribution in [3.8, 4) is 0 Å². The highest BCUT2D eigenvalue weighted by atomic mass is 35.5. The summed E-state index contributed by atoms with van der Waals surface area (Å²) < 4.78 is 2.07. The van der Waals surface area contributed by atoms with Gasteiger partial charge in [0.1, 0.15) is 0 Å². The van der Waals surface area contributed by atoms with E-state index in [1.165, 1.54) is 0 Å². The maximum Gasteiger partial charge on any atom is 0.256 e. The zero-order chi connectivity index (χ0) is 15.3. The lowest BCUT2D eigenvalue weighted by Crippen LogP contribution is -2.03. The summed E-state index contributed by atoms with van der Waals surface area (Å²) in [5.74, 6) is -0.0924. The van der Waals surface area contributed by atoms with Crippen LogP contribution >= 0.6 is 11.6 Å². The normalized spacial score (nSPS) is 15.4. The minimum absolute atomic E-state index is 0.0924. The van der Waals surface area contributed by atoms with Crippen LogP contribution in [0.2, 0.25) is 5.02 Å². The summed E-state index contributed by atoms with van der Waals surface area (Å²) in [4.78, 5) is 12.3. The summed E-state index contributed by atoms with van der Waals surface area (Å²) >= 11 is 5.99. The second-order valence-electron chi connectivity index (χ2n) is 5.41. The summed E-state index contributed by atoms with van der Waals surface area (Å²) in [6.07, 6.45) is 3.98. The average Bonchev–Trinajstić information content (AvgIpc) is 2.98. The third-order valence-corrected chi connectivity index (χ3v) is 4.23. The molecular formula is C18H13ClN2O. The fourth-order valence-corrected chi connectivity index (χ4v) is 3.13. The molecule has 0 atom stereocenters. The first-order chi connectivity index (χ1) is 10.6. The van der Waals surface area contributed by atoms with Crippen LogP contribution in [0.3, 0.4) is 0 Å². The van der Waals surface area contributed by atoms with Crippen molar-refractivity contribution in [2.75, 3.05) is 5.32 Å². The fourth-order valence-electron chi connectivity index (χ4n) is 2.95. The number of anilines is 1. The van der Waals surface area contributed by atoms with Crippen LogP contribution in [0.4, 0.5) is 5.69 Å². The number of aromatic nitrogens is 1. The highest BCUT2D eigenvalue weighted by Gasteiger charge is 2.24. The Morgan fingerprint density at radius 3 is 2.86 bits per heavy atom. The zero-order valence-corrected chi connectivity index (χ0v) is 12.7. The van der Waals surface area contributed by atoms with Crippen LogP contribution in [-0.4, -0.2) is 10.5 Å². The Morgan fingerprint density at radius 1 is 1.18 bits per heavy atom. The maximum atomic E-state index is 12.3. The molecule has 22 heavy (non-hydrogen) atoms. The Kier molecular flexibility index (Phi) is 2.84. The molecule has 3 aromatic rings. The van der Waals surface area contributed by atoms with Crippen LogP contribution < -0.4 is 5.32 Å². The quantitative estimate of drug-likeness (QED) is 0.667. The van der Waals surface area contributed by atoms with Gasteiger partial charge in [0.25, 0.3) is 5.91 Å². The molecule has 1 aliphatic rings. The monoisotopic (exact) mass is 308 g/mol. The van der Waals surface area contributed by atoms with E-state index in [0.717, 1.165) is 27.7 Å². The number of halogens is 1. The molecule has 0 unspecified atom stereocenters. The number of hydrogen-bond donors (Lipinski definition) is 1. The first kappa shape index (κ1) is 13.2. The van der Waals surface area contributed by atoms with Gasteiger partial charge in [-0.1, -0.05) is 35.9 Å². The molecule has 108 valence electrons. The molecule has 2 aromatic carbocycles. The van der Waals surface area contributed by atoms with Crippen LogP contribution in [0.5, 0.6) is 0 Å².